The Hall–Kier alpha value is -2.17. The van der Waals surface area contributed by atoms with Crippen molar-refractivity contribution >= 4 is 5.82 Å². The second-order valence-electron chi connectivity index (χ2n) is 3.02. The third kappa shape index (κ3) is 2.63. The van der Waals surface area contributed by atoms with E-state index in [1.807, 2.05) is 12.1 Å². The minimum absolute atomic E-state index is 0.207. The van der Waals surface area contributed by atoms with Gasteiger partial charge in [-0.2, -0.15) is 5.10 Å². The minimum atomic E-state index is -0.207. The van der Waals surface area contributed by atoms with Gasteiger partial charge in [0, 0.05) is 25.0 Å². The Morgan fingerprint density at radius 1 is 1.33 bits per heavy atom. The highest BCUT2D eigenvalue weighted by Gasteiger charge is 1.94. The Morgan fingerprint density at radius 2 is 2.27 bits per heavy atom. The summed E-state index contributed by atoms with van der Waals surface area (Å²) in [6, 6.07) is 6.90. The molecule has 2 aromatic heterocycles. The molecule has 0 aromatic carbocycles. The molecule has 5 nitrogen and oxygen atoms in total. The van der Waals surface area contributed by atoms with Crippen molar-refractivity contribution in [3.63, 3.8) is 0 Å². The summed E-state index contributed by atoms with van der Waals surface area (Å²) in [7, 11) is 0. The third-order valence-electron chi connectivity index (χ3n) is 1.88. The molecule has 0 saturated carbocycles. The first kappa shape index (κ1) is 9.39. The fourth-order valence-corrected chi connectivity index (χ4v) is 1.14. The summed E-state index contributed by atoms with van der Waals surface area (Å²) in [6.07, 6.45) is 3.50. The van der Waals surface area contributed by atoms with Crippen LogP contribution in [0.1, 0.15) is 5.56 Å². The van der Waals surface area contributed by atoms with E-state index >= 15 is 0 Å². The molecular formula is C10H10N4O. The van der Waals surface area contributed by atoms with Crippen molar-refractivity contribution < 1.29 is 0 Å². The van der Waals surface area contributed by atoms with Crippen LogP contribution in [-0.2, 0) is 6.54 Å². The fraction of sp³-hybridized carbons (Fsp3) is 0.100. The van der Waals surface area contributed by atoms with E-state index < -0.39 is 0 Å². The van der Waals surface area contributed by atoms with Gasteiger partial charge in [-0.1, -0.05) is 6.07 Å². The summed E-state index contributed by atoms with van der Waals surface area (Å²) in [5, 5.41) is 9.24. The van der Waals surface area contributed by atoms with Crippen LogP contribution in [0, 0.1) is 0 Å². The molecule has 76 valence electrons. The Morgan fingerprint density at radius 3 is 2.93 bits per heavy atom. The van der Waals surface area contributed by atoms with Crippen molar-refractivity contribution in [1.29, 1.82) is 0 Å². The first-order valence-corrected chi connectivity index (χ1v) is 4.53. The zero-order valence-electron chi connectivity index (χ0n) is 7.97. The first-order chi connectivity index (χ1) is 7.34. The number of hydrogen-bond donors (Lipinski definition) is 2. The van der Waals surface area contributed by atoms with E-state index in [-0.39, 0.29) is 5.56 Å². The minimum Gasteiger partial charge on any atom is -0.365 e. The molecule has 2 aromatic rings. The Balaban J connectivity index is 1.99. The average Bonchev–Trinajstić information content (AvgIpc) is 2.30. The van der Waals surface area contributed by atoms with Gasteiger partial charge in [0.2, 0.25) is 0 Å². The molecule has 2 rings (SSSR count). The van der Waals surface area contributed by atoms with E-state index in [0.29, 0.717) is 12.4 Å². The zero-order chi connectivity index (χ0) is 10.5. The lowest BCUT2D eigenvalue weighted by atomic mass is 10.3. The van der Waals surface area contributed by atoms with Crippen LogP contribution in [0.2, 0.25) is 0 Å². The summed E-state index contributed by atoms with van der Waals surface area (Å²) >= 11 is 0. The number of nitrogens with one attached hydrogen (secondary N) is 2. The molecule has 0 radical (unpaired) electrons. The molecule has 0 fully saturated rings. The number of anilines is 1. The number of rotatable bonds is 3. The predicted molar refractivity (Wildman–Crippen MR) is 56.4 cm³/mol. The molecule has 0 atom stereocenters. The van der Waals surface area contributed by atoms with Crippen molar-refractivity contribution in [3.8, 4) is 0 Å². The van der Waals surface area contributed by atoms with Gasteiger partial charge in [-0.05, 0) is 17.7 Å². The number of hydrogen-bond acceptors (Lipinski definition) is 4. The number of H-pyrrole nitrogens is 1. The second kappa shape index (κ2) is 4.36. The lowest BCUT2D eigenvalue weighted by molar-refractivity contribution is 0.966. The smallest absolute Gasteiger partial charge is 0.264 e. The molecule has 0 aliphatic heterocycles. The quantitative estimate of drug-likeness (QED) is 0.771. The maximum absolute atomic E-state index is 10.7. The van der Waals surface area contributed by atoms with E-state index in [2.05, 4.69) is 20.5 Å². The second-order valence-corrected chi connectivity index (χ2v) is 3.02. The lowest BCUT2D eigenvalue weighted by Crippen LogP contribution is -2.09. The van der Waals surface area contributed by atoms with Crippen LogP contribution in [0.5, 0.6) is 0 Å². The Kier molecular flexibility index (Phi) is 2.73. The number of pyridine rings is 1. The summed E-state index contributed by atoms with van der Waals surface area (Å²) in [6.45, 7) is 0.632. The van der Waals surface area contributed by atoms with Gasteiger partial charge in [0.05, 0.1) is 0 Å². The largest absolute Gasteiger partial charge is 0.365 e. The standard InChI is InChI=1S/C10H10N4O/c15-10-4-3-9(13-14-10)12-7-8-2-1-5-11-6-8/h1-6H,7H2,(H,12,13)(H,14,15). The van der Waals surface area contributed by atoms with E-state index in [4.69, 9.17) is 0 Å². The van der Waals surface area contributed by atoms with E-state index in [9.17, 15) is 4.79 Å². The van der Waals surface area contributed by atoms with Crippen molar-refractivity contribution in [2.75, 3.05) is 5.32 Å². The van der Waals surface area contributed by atoms with Crippen LogP contribution in [0.15, 0.2) is 41.5 Å². The van der Waals surface area contributed by atoms with Gasteiger partial charge >= 0.3 is 0 Å². The zero-order valence-corrected chi connectivity index (χ0v) is 7.97. The van der Waals surface area contributed by atoms with E-state index in [1.165, 1.54) is 6.07 Å². The van der Waals surface area contributed by atoms with Crippen LogP contribution >= 0.6 is 0 Å². The van der Waals surface area contributed by atoms with Crippen LogP contribution < -0.4 is 10.9 Å². The van der Waals surface area contributed by atoms with Gasteiger partial charge in [0.15, 0.2) is 0 Å². The topological polar surface area (TPSA) is 70.7 Å². The summed E-state index contributed by atoms with van der Waals surface area (Å²) < 4.78 is 0. The van der Waals surface area contributed by atoms with Crippen molar-refractivity contribution in [3.05, 3.63) is 52.6 Å². The average molecular weight is 202 g/mol. The van der Waals surface area contributed by atoms with Crippen LogP contribution in [0.4, 0.5) is 5.82 Å². The van der Waals surface area contributed by atoms with Gasteiger partial charge < -0.3 is 5.32 Å². The highest BCUT2D eigenvalue weighted by molar-refractivity contribution is 5.32. The molecule has 0 spiro atoms. The summed E-state index contributed by atoms with van der Waals surface area (Å²) in [5.41, 5.74) is 0.854. The van der Waals surface area contributed by atoms with Crippen LogP contribution in [0.25, 0.3) is 0 Å². The molecule has 2 heterocycles. The van der Waals surface area contributed by atoms with Gasteiger partial charge in [0.1, 0.15) is 5.82 Å². The predicted octanol–water partition coefficient (Wildman–Crippen LogP) is 0.777. The summed E-state index contributed by atoms with van der Waals surface area (Å²) in [4.78, 5) is 14.7. The fourth-order valence-electron chi connectivity index (χ4n) is 1.14. The number of aromatic nitrogens is 3. The van der Waals surface area contributed by atoms with Crippen molar-refractivity contribution in [1.82, 2.24) is 15.2 Å². The van der Waals surface area contributed by atoms with Crippen molar-refractivity contribution in [2.24, 2.45) is 0 Å². The molecule has 0 saturated heterocycles. The maximum Gasteiger partial charge on any atom is 0.264 e. The molecule has 5 heteroatoms. The molecule has 15 heavy (non-hydrogen) atoms. The lowest BCUT2D eigenvalue weighted by Gasteiger charge is -2.03. The molecule has 0 aliphatic rings. The SMILES string of the molecule is O=c1ccc(NCc2cccnc2)n[nH]1. The monoisotopic (exact) mass is 202 g/mol. The molecule has 0 unspecified atom stereocenters. The molecule has 2 N–H and O–H groups in total. The highest BCUT2D eigenvalue weighted by atomic mass is 16.1. The van der Waals surface area contributed by atoms with Gasteiger partial charge in [-0.15, -0.1) is 0 Å². The van der Waals surface area contributed by atoms with Crippen LogP contribution in [0.3, 0.4) is 0 Å². The molecular weight excluding hydrogens is 192 g/mol. The Bertz CT molecular complexity index is 460. The highest BCUT2D eigenvalue weighted by Crippen LogP contribution is 2.01. The summed E-state index contributed by atoms with van der Waals surface area (Å²) in [5.74, 6) is 0.637. The molecule has 0 aliphatic carbocycles. The molecule has 0 amide bonds. The van der Waals surface area contributed by atoms with E-state index in [0.717, 1.165) is 5.56 Å². The van der Waals surface area contributed by atoms with Gasteiger partial charge in [-0.25, -0.2) is 5.10 Å². The number of nitrogens with zero attached hydrogens (tertiary/aromatic N) is 2. The third-order valence-corrected chi connectivity index (χ3v) is 1.88. The van der Waals surface area contributed by atoms with Gasteiger partial charge in [0.25, 0.3) is 5.56 Å². The van der Waals surface area contributed by atoms with Gasteiger partial charge in [-0.3, -0.25) is 9.78 Å². The normalized spacial score (nSPS) is 9.87. The van der Waals surface area contributed by atoms with Crippen molar-refractivity contribution in [2.45, 2.75) is 6.54 Å². The molecule has 0 bridgehead atoms. The Labute approximate surface area is 86.2 Å². The maximum atomic E-state index is 10.7. The number of aromatic amines is 1. The van der Waals surface area contributed by atoms with E-state index in [1.54, 1.807) is 18.5 Å². The first-order valence-electron chi connectivity index (χ1n) is 4.53. The van der Waals surface area contributed by atoms with Crippen LogP contribution in [-0.4, -0.2) is 15.2 Å².